The van der Waals surface area contributed by atoms with Crippen molar-refractivity contribution in [3.63, 3.8) is 0 Å². The molecule has 6 nitrogen and oxygen atoms in total. The van der Waals surface area contributed by atoms with E-state index in [1.165, 1.54) is 6.07 Å². The average Bonchev–Trinajstić information content (AvgIpc) is 2.81. The molecule has 0 radical (unpaired) electrons. The van der Waals surface area contributed by atoms with Crippen LogP contribution in [-0.2, 0) is 9.47 Å². The molecule has 96 valence electrons. The summed E-state index contributed by atoms with van der Waals surface area (Å²) in [7, 11) is 0. The largest absolute Gasteiger partial charge is 0.456 e. The summed E-state index contributed by atoms with van der Waals surface area (Å²) in [6.07, 6.45) is 0.261. The first kappa shape index (κ1) is 12.4. The number of nitro groups is 1. The zero-order chi connectivity index (χ0) is 13.1. The fourth-order valence-corrected chi connectivity index (χ4v) is 1.61. The Morgan fingerprint density at radius 1 is 1.56 bits per heavy atom. The van der Waals surface area contributed by atoms with Gasteiger partial charge in [0.25, 0.3) is 0 Å². The third-order valence-electron chi connectivity index (χ3n) is 2.54. The van der Waals surface area contributed by atoms with Gasteiger partial charge in [-0.15, -0.1) is 0 Å². The second kappa shape index (κ2) is 5.09. The summed E-state index contributed by atoms with van der Waals surface area (Å²) in [5.41, 5.74) is -0.722. The fourth-order valence-electron chi connectivity index (χ4n) is 1.61. The molecule has 2 rings (SSSR count). The van der Waals surface area contributed by atoms with Crippen molar-refractivity contribution < 1.29 is 23.6 Å². The highest BCUT2D eigenvalue weighted by Crippen LogP contribution is 2.19. The van der Waals surface area contributed by atoms with Gasteiger partial charge < -0.3 is 9.47 Å². The molecule has 1 fully saturated rings. The first-order chi connectivity index (χ1) is 8.58. The van der Waals surface area contributed by atoms with Gasteiger partial charge in [-0.2, -0.15) is 4.39 Å². The molecule has 1 atom stereocenters. The van der Waals surface area contributed by atoms with Crippen molar-refractivity contribution in [1.82, 2.24) is 0 Å². The Labute approximate surface area is 101 Å². The number of nitro benzene ring substituents is 1. The van der Waals surface area contributed by atoms with Gasteiger partial charge in [0.1, 0.15) is 6.10 Å². The number of halogens is 1. The summed E-state index contributed by atoms with van der Waals surface area (Å²) in [5, 5.41) is 10.4. The van der Waals surface area contributed by atoms with Gasteiger partial charge in [-0.1, -0.05) is 0 Å². The van der Waals surface area contributed by atoms with Crippen molar-refractivity contribution in [1.29, 1.82) is 0 Å². The van der Waals surface area contributed by atoms with E-state index in [1.807, 2.05) is 0 Å². The van der Waals surface area contributed by atoms with E-state index in [0.29, 0.717) is 19.6 Å². The molecular formula is C11H10FNO5. The predicted octanol–water partition coefficient (Wildman–Crippen LogP) is 1.68. The van der Waals surface area contributed by atoms with Gasteiger partial charge in [0.15, 0.2) is 0 Å². The number of esters is 1. The van der Waals surface area contributed by atoms with Crippen LogP contribution in [0.15, 0.2) is 18.2 Å². The third kappa shape index (κ3) is 2.62. The molecule has 0 bridgehead atoms. The number of hydrogen-bond donors (Lipinski definition) is 0. The van der Waals surface area contributed by atoms with Crippen LogP contribution in [0.1, 0.15) is 16.8 Å². The van der Waals surface area contributed by atoms with E-state index in [9.17, 15) is 19.3 Å². The van der Waals surface area contributed by atoms with Crippen LogP contribution in [0.3, 0.4) is 0 Å². The first-order valence-electron chi connectivity index (χ1n) is 5.30. The van der Waals surface area contributed by atoms with Crippen LogP contribution in [0.5, 0.6) is 0 Å². The minimum absolute atomic E-state index is 0.0509. The molecule has 0 aliphatic carbocycles. The smallest absolute Gasteiger partial charge is 0.338 e. The number of nitrogens with zero attached hydrogens (tertiary/aromatic N) is 1. The Bertz CT molecular complexity index is 484. The van der Waals surface area contributed by atoms with Crippen LogP contribution in [-0.4, -0.2) is 30.2 Å². The quantitative estimate of drug-likeness (QED) is 0.466. The molecule has 0 amide bonds. The summed E-state index contributed by atoms with van der Waals surface area (Å²) in [6, 6.07) is 2.91. The zero-order valence-corrected chi connectivity index (χ0v) is 9.30. The maximum atomic E-state index is 13.3. The lowest BCUT2D eigenvalue weighted by atomic mass is 10.2. The number of carbonyl (C=O) groups excluding carboxylic acids is 1. The van der Waals surface area contributed by atoms with E-state index in [-0.39, 0.29) is 11.7 Å². The third-order valence-corrected chi connectivity index (χ3v) is 2.54. The Balaban J connectivity index is 2.10. The van der Waals surface area contributed by atoms with Crippen molar-refractivity contribution in [3.8, 4) is 0 Å². The summed E-state index contributed by atoms with van der Waals surface area (Å²) in [5.74, 6) is -1.77. The van der Waals surface area contributed by atoms with Crippen molar-refractivity contribution >= 4 is 11.7 Å². The van der Waals surface area contributed by atoms with Crippen LogP contribution in [0.4, 0.5) is 10.1 Å². The van der Waals surface area contributed by atoms with Crippen LogP contribution in [0.25, 0.3) is 0 Å². The number of ether oxygens (including phenoxy) is 2. The van der Waals surface area contributed by atoms with Crippen LogP contribution in [0.2, 0.25) is 0 Å². The summed E-state index contributed by atoms with van der Waals surface area (Å²) in [6.45, 7) is 0.841. The lowest BCUT2D eigenvalue weighted by Crippen LogP contribution is -2.18. The molecule has 1 aromatic carbocycles. The van der Waals surface area contributed by atoms with Crippen molar-refractivity contribution in [3.05, 3.63) is 39.7 Å². The van der Waals surface area contributed by atoms with Gasteiger partial charge in [0.05, 0.1) is 23.7 Å². The SMILES string of the molecule is O=C(OC1CCOC1)c1ccc([N+](=O)[O-])c(F)c1. The standard InChI is InChI=1S/C11H10FNO5/c12-9-5-7(1-2-10(9)13(15)16)11(14)18-8-3-4-17-6-8/h1-2,5,8H,3-4,6H2. The lowest BCUT2D eigenvalue weighted by Gasteiger charge is -2.09. The van der Waals surface area contributed by atoms with Gasteiger partial charge in [0, 0.05) is 12.5 Å². The molecule has 1 heterocycles. The van der Waals surface area contributed by atoms with Gasteiger partial charge >= 0.3 is 11.7 Å². The lowest BCUT2D eigenvalue weighted by molar-refractivity contribution is -0.387. The maximum absolute atomic E-state index is 13.3. The van der Waals surface area contributed by atoms with Crippen molar-refractivity contribution in [2.24, 2.45) is 0 Å². The Morgan fingerprint density at radius 3 is 2.89 bits per heavy atom. The molecule has 0 aromatic heterocycles. The molecule has 1 saturated heterocycles. The maximum Gasteiger partial charge on any atom is 0.338 e. The molecule has 0 saturated carbocycles. The highest BCUT2D eigenvalue weighted by atomic mass is 19.1. The highest BCUT2D eigenvalue weighted by molar-refractivity contribution is 5.89. The fraction of sp³-hybridized carbons (Fsp3) is 0.364. The number of benzene rings is 1. The molecule has 1 aliphatic heterocycles. The molecule has 1 unspecified atom stereocenters. The van der Waals surface area contributed by atoms with Gasteiger partial charge in [-0.05, 0) is 12.1 Å². The molecule has 1 aliphatic rings. The van der Waals surface area contributed by atoms with E-state index in [0.717, 1.165) is 12.1 Å². The van der Waals surface area contributed by atoms with Crippen LogP contribution < -0.4 is 0 Å². The Kier molecular flexibility index (Phi) is 3.52. The average molecular weight is 255 g/mol. The van der Waals surface area contributed by atoms with Gasteiger partial charge in [0.2, 0.25) is 5.82 Å². The van der Waals surface area contributed by atoms with Crippen molar-refractivity contribution in [2.45, 2.75) is 12.5 Å². The van der Waals surface area contributed by atoms with Gasteiger partial charge in [-0.3, -0.25) is 10.1 Å². The van der Waals surface area contributed by atoms with Crippen molar-refractivity contribution in [2.75, 3.05) is 13.2 Å². The second-order valence-corrected chi connectivity index (χ2v) is 3.81. The Hall–Kier alpha value is -2.02. The number of hydrogen-bond acceptors (Lipinski definition) is 5. The Morgan fingerprint density at radius 2 is 2.33 bits per heavy atom. The van der Waals surface area contributed by atoms with E-state index >= 15 is 0 Å². The molecule has 18 heavy (non-hydrogen) atoms. The summed E-state index contributed by atoms with van der Waals surface area (Å²) in [4.78, 5) is 21.2. The number of carbonyl (C=O) groups is 1. The summed E-state index contributed by atoms with van der Waals surface area (Å²) >= 11 is 0. The monoisotopic (exact) mass is 255 g/mol. The van der Waals surface area contributed by atoms with Gasteiger partial charge in [-0.25, -0.2) is 4.79 Å². The molecule has 0 spiro atoms. The minimum atomic E-state index is -1.06. The number of rotatable bonds is 3. The molecule has 0 N–H and O–H groups in total. The molecule has 1 aromatic rings. The second-order valence-electron chi connectivity index (χ2n) is 3.81. The highest BCUT2D eigenvalue weighted by Gasteiger charge is 2.22. The normalized spacial score (nSPS) is 18.6. The van der Waals surface area contributed by atoms with E-state index < -0.39 is 22.4 Å². The molecular weight excluding hydrogens is 245 g/mol. The minimum Gasteiger partial charge on any atom is -0.456 e. The predicted molar refractivity (Wildman–Crippen MR) is 57.7 cm³/mol. The van der Waals surface area contributed by atoms with Crippen LogP contribution in [0, 0.1) is 15.9 Å². The zero-order valence-electron chi connectivity index (χ0n) is 9.30. The van der Waals surface area contributed by atoms with E-state index in [1.54, 1.807) is 0 Å². The van der Waals surface area contributed by atoms with Crippen LogP contribution >= 0.6 is 0 Å². The summed E-state index contributed by atoms with van der Waals surface area (Å²) < 4.78 is 23.4. The topological polar surface area (TPSA) is 78.7 Å². The molecule has 7 heteroatoms. The first-order valence-corrected chi connectivity index (χ1v) is 5.30. The van der Waals surface area contributed by atoms with E-state index in [2.05, 4.69) is 0 Å². The van der Waals surface area contributed by atoms with E-state index in [4.69, 9.17) is 9.47 Å².